The Kier molecular flexibility index (Phi) is 7.47. The Morgan fingerprint density at radius 3 is 2.56 bits per heavy atom. The van der Waals surface area contributed by atoms with Crippen molar-refractivity contribution < 1.29 is 9.53 Å². The van der Waals surface area contributed by atoms with E-state index in [1.54, 1.807) is 11.8 Å². The quantitative estimate of drug-likeness (QED) is 0.479. The SMILES string of the molecule is Cc1cccnc1CCc1ccc(OC(=O)N2CCC(CSc3nccn3C)CC2)cc1. The van der Waals surface area contributed by atoms with Gasteiger partial charge in [-0.2, -0.15) is 0 Å². The molecule has 4 rings (SSSR count). The number of imidazole rings is 1. The molecule has 0 radical (unpaired) electrons. The Morgan fingerprint density at radius 1 is 1.09 bits per heavy atom. The van der Waals surface area contributed by atoms with Crippen LogP contribution in [0.3, 0.4) is 0 Å². The number of pyridine rings is 1. The summed E-state index contributed by atoms with van der Waals surface area (Å²) < 4.78 is 7.66. The van der Waals surface area contributed by atoms with E-state index >= 15 is 0 Å². The van der Waals surface area contributed by atoms with E-state index in [0.717, 1.165) is 55.4 Å². The van der Waals surface area contributed by atoms with Crippen LogP contribution < -0.4 is 4.74 Å². The number of likely N-dealkylation sites (tertiary alicyclic amines) is 1. The van der Waals surface area contributed by atoms with E-state index in [0.29, 0.717) is 11.7 Å². The Labute approximate surface area is 194 Å². The van der Waals surface area contributed by atoms with Crippen LogP contribution in [0.5, 0.6) is 5.75 Å². The summed E-state index contributed by atoms with van der Waals surface area (Å²) in [5.74, 6) is 2.23. The minimum atomic E-state index is -0.253. The number of aromatic nitrogens is 3. The number of rotatable bonds is 7. The molecule has 6 nitrogen and oxygen atoms in total. The molecular formula is C25H30N4O2S. The Hall–Kier alpha value is -2.80. The van der Waals surface area contributed by atoms with Gasteiger partial charge in [0.25, 0.3) is 0 Å². The zero-order valence-electron chi connectivity index (χ0n) is 18.7. The maximum atomic E-state index is 12.6. The molecule has 1 amide bonds. The van der Waals surface area contributed by atoms with Crippen LogP contribution in [-0.2, 0) is 19.9 Å². The smallest absolute Gasteiger partial charge is 0.410 e. The lowest BCUT2D eigenvalue weighted by Gasteiger charge is -2.31. The van der Waals surface area contributed by atoms with Crippen molar-refractivity contribution in [3.8, 4) is 5.75 Å². The first-order valence-electron chi connectivity index (χ1n) is 11.1. The Bertz CT molecular complexity index is 1030. The molecule has 3 heterocycles. The number of piperidine rings is 1. The molecule has 7 heteroatoms. The average Bonchev–Trinajstić information content (AvgIpc) is 3.23. The fourth-order valence-corrected chi connectivity index (χ4v) is 5.02. The summed E-state index contributed by atoms with van der Waals surface area (Å²) in [6, 6.07) is 11.9. The average molecular weight is 451 g/mol. The first-order valence-corrected chi connectivity index (χ1v) is 12.1. The molecule has 0 bridgehead atoms. The van der Waals surface area contributed by atoms with E-state index in [1.807, 2.05) is 65.4 Å². The molecule has 168 valence electrons. The van der Waals surface area contributed by atoms with E-state index in [1.165, 1.54) is 11.1 Å². The van der Waals surface area contributed by atoms with Crippen LogP contribution in [0.2, 0.25) is 0 Å². The van der Waals surface area contributed by atoms with Crippen LogP contribution >= 0.6 is 11.8 Å². The zero-order chi connectivity index (χ0) is 22.3. The van der Waals surface area contributed by atoms with Crippen molar-refractivity contribution in [3.05, 3.63) is 71.8 Å². The van der Waals surface area contributed by atoms with Gasteiger partial charge in [0.1, 0.15) is 5.75 Å². The monoisotopic (exact) mass is 450 g/mol. The van der Waals surface area contributed by atoms with Gasteiger partial charge in [0.15, 0.2) is 5.16 Å². The molecule has 1 aliphatic rings. The summed E-state index contributed by atoms with van der Waals surface area (Å²) in [6.45, 7) is 3.57. The number of nitrogens with zero attached hydrogens (tertiary/aromatic N) is 4. The topological polar surface area (TPSA) is 60.2 Å². The predicted octanol–water partition coefficient (Wildman–Crippen LogP) is 4.91. The standard InChI is InChI=1S/C25H30N4O2S/c1-19-4-3-13-26-23(19)10-7-20-5-8-22(9-6-20)31-25(30)29-15-11-21(12-16-29)18-32-24-27-14-17-28(24)2/h3-6,8-9,13-14,17,21H,7,10-12,15-16,18H2,1-2H3. The molecular weight excluding hydrogens is 420 g/mol. The third-order valence-electron chi connectivity index (χ3n) is 5.99. The summed E-state index contributed by atoms with van der Waals surface area (Å²) in [4.78, 5) is 23.2. The zero-order valence-corrected chi connectivity index (χ0v) is 19.6. The largest absolute Gasteiger partial charge is 0.415 e. The van der Waals surface area contributed by atoms with E-state index in [2.05, 4.69) is 23.0 Å². The van der Waals surface area contributed by atoms with Gasteiger partial charge in [-0.3, -0.25) is 4.98 Å². The molecule has 2 aromatic heterocycles. The van der Waals surface area contributed by atoms with E-state index in [9.17, 15) is 4.79 Å². The maximum absolute atomic E-state index is 12.6. The molecule has 3 aromatic rings. The summed E-state index contributed by atoms with van der Waals surface area (Å²) >= 11 is 1.79. The second-order valence-electron chi connectivity index (χ2n) is 8.34. The van der Waals surface area contributed by atoms with Crippen LogP contribution in [0, 0.1) is 12.8 Å². The van der Waals surface area contributed by atoms with Gasteiger partial charge in [-0.25, -0.2) is 9.78 Å². The molecule has 0 unspecified atom stereocenters. The van der Waals surface area contributed by atoms with Gasteiger partial charge < -0.3 is 14.2 Å². The lowest BCUT2D eigenvalue weighted by molar-refractivity contribution is 0.134. The van der Waals surface area contributed by atoms with Crippen molar-refractivity contribution in [1.82, 2.24) is 19.4 Å². The fraction of sp³-hybridized carbons (Fsp3) is 0.400. The van der Waals surface area contributed by atoms with Crippen molar-refractivity contribution in [2.24, 2.45) is 13.0 Å². The Morgan fingerprint density at radius 2 is 1.88 bits per heavy atom. The van der Waals surface area contributed by atoms with Crippen LogP contribution in [-0.4, -0.2) is 44.4 Å². The second kappa shape index (κ2) is 10.7. The van der Waals surface area contributed by atoms with Crippen LogP contribution in [0.15, 0.2) is 60.1 Å². The van der Waals surface area contributed by atoms with Gasteiger partial charge in [-0.05, 0) is 67.9 Å². The minimum Gasteiger partial charge on any atom is -0.410 e. The van der Waals surface area contributed by atoms with Gasteiger partial charge in [0, 0.05) is 50.2 Å². The summed E-state index contributed by atoms with van der Waals surface area (Å²) in [6.07, 6.45) is 9.19. The van der Waals surface area contributed by atoms with Gasteiger partial charge in [0.2, 0.25) is 0 Å². The maximum Gasteiger partial charge on any atom is 0.415 e. The molecule has 0 aliphatic carbocycles. The summed E-state index contributed by atoms with van der Waals surface area (Å²) in [5, 5.41) is 1.05. The van der Waals surface area contributed by atoms with Gasteiger partial charge in [-0.1, -0.05) is 30.0 Å². The highest BCUT2D eigenvalue weighted by Crippen LogP contribution is 2.26. The molecule has 0 spiro atoms. The molecule has 0 atom stereocenters. The molecule has 1 aromatic carbocycles. The lowest BCUT2D eigenvalue weighted by atomic mass is 9.99. The molecule has 1 fully saturated rings. The Balaban J connectivity index is 1.20. The van der Waals surface area contributed by atoms with E-state index < -0.39 is 0 Å². The van der Waals surface area contributed by atoms with Crippen LogP contribution in [0.25, 0.3) is 0 Å². The van der Waals surface area contributed by atoms with E-state index in [4.69, 9.17) is 4.74 Å². The highest BCUT2D eigenvalue weighted by molar-refractivity contribution is 7.99. The third kappa shape index (κ3) is 5.91. The predicted molar refractivity (Wildman–Crippen MR) is 127 cm³/mol. The number of aryl methyl sites for hydroxylation is 4. The number of hydrogen-bond donors (Lipinski definition) is 0. The summed E-state index contributed by atoms with van der Waals surface area (Å²) in [5.41, 5.74) is 3.56. The highest BCUT2D eigenvalue weighted by Gasteiger charge is 2.24. The number of amides is 1. The normalized spacial score (nSPS) is 14.5. The first-order chi connectivity index (χ1) is 15.6. The highest BCUT2D eigenvalue weighted by atomic mass is 32.2. The molecule has 32 heavy (non-hydrogen) atoms. The van der Waals surface area contributed by atoms with Crippen LogP contribution in [0.4, 0.5) is 4.79 Å². The van der Waals surface area contributed by atoms with Gasteiger partial charge >= 0.3 is 6.09 Å². The lowest BCUT2D eigenvalue weighted by Crippen LogP contribution is -2.40. The molecule has 0 N–H and O–H groups in total. The first kappa shape index (κ1) is 22.4. The van der Waals surface area contributed by atoms with Crippen molar-refractivity contribution in [2.75, 3.05) is 18.8 Å². The number of carbonyl (C=O) groups is 1. The number of carbonyl (C=O) groups excluding carboxylic acids is 1. The number of thioether (sulfide) groups is 1. The van der Waals surface area contributed by atoms with Gasteiger partial charge in [0.05, 0.1) is 0 Å². The van der Waals surface area contributed by atoms with Gasteiger partial charge in [-0.15, -0.1) is 0 Å². The molecule has 0 saturated carbocycles. The molecule has 1 aliphatic heterocycles. The number of ether oxygens (including phenoxy) is 1. The second-order valence-corrected chi connectivity index (χ2v) is 9.33. The number of hydrogen-bond acceptors (Lipinski definition) is 5. The van der Waals surface area contributed by atoms with Crippen molar-refractivity contribution in [1.29, 1.82) is 0 Å². The van der Waals surface area contributed by atoms with E-state index in [-0.39, 0.29) is 6.09 Å². The minimum absolute atomic E-state index is 0.253. The fourth-order valence-electron chi connectivity index (χ4n) is 3.90. The van der Waals surface area contributed by atoms with Crippen molar-refractivity contribution in [3.63, 3.8) is 0 Å². The summed E-state index contributed by atoms with van der Waals surface area (Å²) in [7, 11) is 2.02. The number of benzene rings is 1. The van der Waals surface area contributed by atoms with Crippen molar-refractivity contribution >= 4 is 17.9 Å². The van der Waals surface area contributed by atoms with Crippen molar-refractivity contribution in [2.45, 2.75) is 37.8 Å². The third-order valence-corrected chi connectivity index (χ3v) is 7.28. The van der Waals surface area contributed by atoms with Crippen LogP contribution in [0.1, 0.15) is 29.7 Å². The molecule has 1 saturated heterocycles.